The standard InChI is InChI=1S/2C9H13.2BrH.Hf/c2*1-6-5-7(2)9(4)8(6)3;;;/h2*6H,1-4H3;2*1H;/q2*-1;;;. The average molecular weight is 583 g/mol. The molecule has 2 unspecified atom stereocenters. The summed E-state index contributed by atoms with van der Waals surface area (Å²) in [7, 11) is 0. The SMILES string of the molecule is Br.Br.CC1=[C-]C(C)C(C)=C1C.CC1=[C-]C(C)C(C)=C1C.[Hf]. The van der Waals surface area contributed by atoms with Crippen LogP contribution in [0.3, 0.4) is 0 Å². The van der Waals surface area contributed by atoms with Crippen LogP contribution in [0.5, 0.6) is 0 Å². The van der Waals surface area contributed by atoms with Crippen LogP contribution in [0.15, 0.2) is 33.4 Å². The number of halogens is 2. The minimum atomic E-state index is 0. The Hall–Kier alpha value is 0.790. The Balaban J connectivity index is -0.000000270. The zero-order chi connectivity index (χ0) is 14.0. The summed E-state index contributed by atoms with van der Waals surface area (Å²) in [6.07, 6.45) is 6.72. The molecule has 0 saturated carbocycles. The molecule has 0 amide bonds. The summed E-state index contributed by atoms with van der Waals surface area (Å²) < 4.78 is 0. The van der Waals surface area contributed by atoms with Crippen molar-refractivity contribution < 1.29 is 25.8 Å². The fraction of sp³-hybridized carbons (Fsp3) is 0.556. The Bertz CT molecular complexity index is 424. The van der Waals surface area contributed by atoms with Gasteiger partial charge in [-0.1, -0.05) is 53.4 Å². The predicted molar refractivity (Wildman–Crippen MR) is 101 cm³/mol. The van der Waals surface area contributed by atoms with E-state index in [0.29, 0.717) is 11.8 Å². The zero-order valence-corrected chi connectivity index (χ0v) is 21.5. The van der Waals surface area contributed by atoms with Gasteiger partial charge in [0, 0.05) is 25.8 Å². The average Bonchev–Trinajstić information content (AvgIpc) is 2.66. The van der Waals surface area contributed by atoms with Gasteiger partial charge in [0.2, 0.25) is 0 Å². The van der Waals surface area contributed by atoms with Crippen LogP contribution < -0.4 is 0 Å². The Morgan fingerprint density at radius 3 is 0.905 bits per heavy atom. The molecule has 21 heavy (non-hydrogen) atoms. The smallest absolute Gasteiger partial charge is 0 e. The van der Waals surface area contributed by atoms with Crippen LogP contribution in [-0.2, 0) is 25.8 Å². The fourth-order valence-corrected chi connectivity index (χ4v) is 2.32. The molecule has 120 valence electrons. The van der Waals surface area contributed by atoms with Crippen molar-refractivity contribution in [1.82, 2.24) is 0 Å². The molecule has 0 fully saturated rings. The van der Waals surface area contributed by atoms with Gasteiger partial charge < -0.3 is 0 Å². The van der Waals surface area contributed by atoms with Gasteiger partial charge in [-0.2, -0.15) is 22.3 Å². The predicted octanol–water partition coefficient (Wildman–Crippen LogP) is 6.60. The second-order valence-electron chi connectivity index (χ2n) is 5.60. The van der Waals surface area contributed by atoms with Gasteiger partial charge in [0.1, 0.15) is 0 Å². The molecule has 0 aromatic heterocycles. The zero-order valence-electron chi connectivity index (χ0n) is 14.5. The summed E-state index contributed by atoms with van der Waals surface area (Å²) in [5.74, 6) is 1.12. The largest absolute Gasteiger partial charge is 0.266 e. The maximum Gasteiger partial charge on any atom is 0 e. The van der Waals surface area contributed by atoms with E-state index in [1.54, 1.807) is 0 Å². The summed E-state index contributed by atoms with van der Waals surface area (Å²) in [4.78, 5) is 0. The first-order valence-corrected chi connectivity index (χ1v) is 6.81. The van der Waals surface area contributed by atoms with Crippen molar-refractivity contribution in [2.45, 2.75) is 55.4 Å². The third-order valence-electron chi connectivity index (χ3n) is 4.47. The van der Waals surface area contributed by atoms with Gasteiger partial charge in [-0.05, 0) is 0 Å². The molecule has 2 rings (SSSR count). The monoisotopic (exact) mass is 582 g/mol. The van der Waals surface area contributed by atoms with E-state index in [1.165, 1.54) is 33.4 Å². The van der Waals surface area contributed by atoms with E-state index in [2.05, 4.69) is 67.5 Å². The van der Waals surface area contributed by atoms with Crippen molar-refractivity contribution in [2.75, 3.05) is 0 Å². The second-order valence-corrected chi connectivity index (χ2v) is 5.60. The van der Waals surface area contributed by atoms with Gasteiger partial charge in [0.25, 0.3) is 0 Å². The Morgan fingerprint density at radius 2 is 0.857 bits per heavy atom. The quantitative estimate of drug-likeness (QED) is 0.223. The van der Waals surface area contributed by atoms with Crippen LogP contribution in [0.4, 0.5) is 0 Å². The van der Waals surface area contributed by atoms with Crippen LogP contribution in [0.1, 0.15) is 55.4 Å². The molecule has 0 nitrogen and oxygen atoms in total. The summed E-state index contributed by atoms with van der Waals surface area (Å²) in [5.41, 5.74) is 8.49. The number of hydrogen-bond donors (Lipinski definition) is 0. The van der Waals surface area contributed by atoms with Crippen LogP contribution in [0.2, 0.25) is 0 Å². The Labute approximate surface area is 171 Å². The van der Waals surface area contributed by atoms with Crippen molar-refractivity contribution >= 4 is 34.0 Å². The van der Waals surface area contributed by atoms with Crippen molar-refractivity contribution in [2.24, 2.45) is 11.8 Å². The minimum Gasteiger partial charge on any atom is -0.266 e. The molecule has 0 N–H and O–H groups in total. The molecule has 0 aromatic carbocycles. The molecule has 0 spiro atoms. The molecule has 3 heteroatoms. The van der Waals surface area contributed by atoms with Crippen LogP contribution in [-0.4, -0.2) is 0 Å². The van der Waals surface area contributed by atoms with Crippen molar-refractivity contribution in [3.63, 3.8) is 0 Å². The number of hydrogen-bond acceptors (Lipinski definition) is 0. The normalized spacial score (nSPS) is 23.2. The van der Waals surface area contributed by atoms with Crippen LogP contribution in [0.25, 0.3) is 0 Å². The molecule has 0 aliphatic heterocycles. The van der Waals surface area contributed by atoms with Gasteiger partial charge in [0.15, 0.2) is 0 Å². The molecule has 2 aliphatic rings. The molecular weight excluding hydrogens is 554 g/mol. The molecule has 0 saturated heterocycles. The van der Waals surface area contributed by atoms with E-state index in [1.807, 2.05) is 0 Å². The molecule has 2 atom stereocenters. The fourth-order valence-electron chi connectivity index (χ4n) is 2.32. The first kappa shape index (κ1) is 26.7. The van der Waals surface area contributed by atoms with Crippen molar-refractivity contribution in [3.05, 3.63) is 45.6 Å². The second kappa shape index (κ2) is 11.3. The molecule has 0 heterocycles. The van der Waals surface area contributed by atoms with E-state index in [9.17, 15) is 0 Å². The molecule has 0 aromatic rings. The molecule has 2 aliphatic carbocycles. The number of allylic oxidation sites excluding steroid dienone is 8. The van der Waals surface area contributed by atoms with Gasteiger partial charge >= 0.3 is 0 Å². The third-order valence-corrected chi connectivity index (χ3v) is 4.47. The summed E-state index contributed by atoms with van der Waals surface area (Å²) in [6.45, 7) is 17.3. The first-order chi connectivity index (χ1) is 8.25. The van der Waals surface area contributed by atoms with Gasteiger partial charge in [-0.15, -0.1) is 47.8 Å². The van der Waals surface area contributed by atoms with Gasteiger partial charge in [-0.25, -0.2) is 11.1 Å². The van der Waals surface area contributed by atoms with E-state index >= 15 is 0 Å². The van der Waals surface area contributed by atoms with Crippen molar-refractivity contribution in [3.8, 4) is 0 Å². The van der Waals surface area contributed by atoms with E-state index in [-0.39, 0.29) is 59.8 Å². The minimum absolute atomic E-state index is 0. The molecular formula is C18H28Br2Hf-2. The summed E-state index contributed by atoms with van der Waals surface area (Å²) in [6, 6.07) is 0. The Morgan fingerprint density at radius 1 is 0.619 bits per heavy atom. The Kier molecular flexibility index (Phi) is 14.4. The van der Waals surface area contributed by atoms with Crippen molar-refractivity contribution in [1.29, 1.82) is 0 Å². The van der Waals surface area contributed by atoms with Gasteiger partial charge in [-0.3, -0.25) is 12.2 Å². The molecule has 0 radical (unpaired) electrons. The van der Waals surface area contributed by atoms with E-state index in [4.69, 9.17) is 0 Å². The van der Waals surface area contributed by atoms with Crippen LogP contribution in [0, 0.1) is 24.0 Å². The summed E-state index contributed by atoms with van der Waals surface area (Å²) in [5, 5.41) is 0. The summed E-state index contributed by atoms with van der Waals surface area (Å²) >= 11 is 0. The maximum absolute atomic E-state index is 3.36. The van der Waals surface area contributed by atoms with Gasteiger partial charge in [0.05, 0.1) is 0 Å². The molecule has 0 bridgehead atoms. The van der Waals surface area contributed by atoms with E-state index < -0.39 is 0 Å². The first-order valence-electron chi connectivity index (χ1n) is 6.81. The third kappa shape index (κ3) is 6.83. The van der Waals surface area contributed by atoms with Crippen LogP contribution >= 0.6 is 34.0 Å². The maximum atomic E-state index is 3.36. The van der Waals surface area contributed by atoms with E-state index in [0.717, 1.165) is 0 Å². The topological polar surface area (TPSA) is 0 Å². The number of rotatable bonds is 0.